The maximum Gasteiger partial charge on any atom is 0.261 e. The van der Waals surface area contributed by atoms with Gasteiger partial charge in [0, 0.05) is 12.6 Å². The van der Waals surface area contributed by atoms with Gasteiger partial charge in [-0.1, -0.05) is 49.4 Å². The van der Waals surface area contributed by atoms with Gasteiger partial charge < -0.3 is 15.0 Å². The molecule has 29 heavy (non-hydrogen) atoms. The number of nitrogens with zero attached hydrogens (tertiary/aromatic N) is 1. The lowest BCUT2D eigenvalue weighted by atomic mass is 10.1. The van der Waals surface area contributed by atoms with Crippen LogP contribution < -0.4 is 10.1 Å². The Balaban J connectivity index is 2.04. The Hall–Kier alpha value is -2.82. The summed E-state index contributed by atoms with van der Waals surface area (Å²) in [6.07, 6.45) is 1.63. The van der Waals surface area contributed by atoms with Crippen molar-refractivity contribution in [2.45, 2.75) is 52.6 Å². The number of nitrogens with one attached hydrogen (secondary N) is 1. The first kappa shape index (κ1) is 22.5. The van der Waals surface area contributed by atoms with E-state index in [1.54, 1.807) is 11.8 Å². The van der Waals surface area contributed by atoms with E-state index in [1.807, 2.05) is 68.4 Å². The van der Waals surface area contributed by atoms with Crippen LogP contribution in [-0.2, 0) is 22.4 Å². The summed E-state index contributed by atoms with van der Waals surface area (Å²) in [5, 5.41) is 2.89. The summed E-state index contributed by atoms with van der Waals surface area (Å²) in [6, 6.07) is 17.1. The summed E-state index contributed by atoms with van der Waals surface area (Å²) in [6.45, 7) is 8.02. The van der Waals surface area contributed by atoms with Gasteiger partial charge in [0.05, 0.1) is 0 Å². The van der Waals surface area contributed by atoms with Crippen LogP contribution in [0, 0.1) is 0 Å². The van der Waals surface area contributed by atoms with Crippen LogP contribution in [0.25, 0.3) is 0 Å². The summed E-state index contributed by atoms with van der Waals surface area (Å²) >= 11 is 0. The number of hydrogen-bond donors (Lipinski definition) is 1. The normalized spacial score (nSPS) is 11.8. The van der Waals surface area contributed by atoms with Gasteiger partial charge in [-0.25, -0.2) is 0 Å². The smallest absolute Gasteiger partial charge is 0.261 e. The van der Waals surface area contributed by atoms with Crippen molar-refractivity contribution < 1.29 is 14.3 Å². The molecule has 5 nitrogen and oxygen atoms in total. The SMILES string of the molecule is CCc1ccc(OCC(=O)N(CCc2ccccc2)[C@@H](C)C(=O)NC(C)C)cc1. The first-order valence-electron chi connectivity index (χ1n) is 10.3. The molecule has 2 rings (SSSR count). The zero-order valence-electron chi connectivity index (χ0n) is 17.9. The van der Waals surface area contributed by atoms with Gasteiger partial charge in [-0.15, -0.1) is 0 Å². The molecule has 0 saturated carbocycles. The largest absolute Gasteiger partial charge is 0.484 e. The van der Waals surface area contributed by atoms with Crippen LogP contribution in [-0.4, -0.2) is 41.9 Å². The number of aryl methyl sites for hydroxylation is 1. The summed E-state index contributed by atoms with van der Waals surface area (Å²) in [5.74, 6) is 0.290. The number of hydrogen-bond acceptors (Lipinski definition) is 3. The third-order valence-corrected chi connectivity index (χ3v) is 4.78. The maximum absolute atomic E-state index is 12.9. The van der Waals surface area contributed by atoms with E-state index in [0.717, 1.165) is 12.0 Å². The molecule has 0 saturated heterocycles. The molecule has 0 unspecified atom stereocenters. The molecule has 0 spiro atoms. The molecule has 5 heteroatoms. The fourth-order valence-corrected chi connectivity index (χ4v) is 3.02. The average Bonchev–Trinajstić information content (AvgIpc) is 2.72. The van der Waals surface area contributed by atoms with E-state index in [1.165, 1.54) is 5.56 Å². The van der Waals surface area contributed by atoms with E-state index in [0.29, 0.717) is 18.7 Å². The summed E-state index contributed by atoms with van der Waals surface area (Å²) in [7, 11) is 0. The fourth-order valence-electron chi connectivity index (χ4n) is 3.02. The van der Waals surface area contributed by atoms with Crippen LogP contribution in [0.4, 0.5) is 0 Å². The van der Waals surface area contributed by atoms with Gasteiger partial charge in [0.25, 0.3) is 5.91 Å². The molecular weight excluding hydrogens is 364 g/mol. The lowest BCUT2D eigenvalue weighted by Crippen LogP contribution is -2.51. The Bertz CT molecular complexity index is 772. The minimum absolute atomic E-state index is 0.0179. The summed E-state index contributed by atoms with van der Waals surface area (Å²) in [5.41, 5.74) is 2.34. The van der Waals surface area contributed by atoms with Crippen molar-refractivity contribution in [1.29, 1.82) is 0 Å². The highest BCUT2D eigenvalue weighted by atomic mass is 16.5. The molecule has 1 atom stereocenters. The van der Waals surface area contributed by atoms with Crippen LogP contribution in [0.1, 0.15) is 38.8 Å². The Labute approximate surface area is 174 Å². The monoisotopic (exact) mass is 396 g/mol. The number of amides is 2. The first-order chi connectivity index (χ1) is 13.9. The zero-order valence-corrected chi connectivity index (χ0v) is 17.9. The molecule has 0 heterocycles. The highest BCUT2D eigenvalue weighted by Crippen LogP contribution is 2.13. The Kier molecular flexibility index (Phi) is 8.71. The molecule has 156 valence electrons. The molecule has 0 aliphatic heterocycles. The summed E-state index contributed by atoms with van der Waals surface area (Å²) < 4.78 is 5.69. The van der Waals surface area contributed by atoms with E-state index in [-0.39, 0.29) is 24.5 Å². The topological polar surface area (TPSA) is 58.6 Å². The lowest BCUT2D eigenvalue weighted by Gasteiger charge is -2.29. The van der Waals surface area contributed by atoms with Crippen molar-refractivity contribution in [2.75, 3.05) is 13.2 Å². The highest BCUT2D eigenvalue weighted by molar-refractivity contribution is 5.88. The number of carbonyl (C=O) groups excluding carboxylic acids is 2. The highest BCUT2D eigenvalue weighted by Gasteiger charge is 2.26. The van der Waals surface area contributed by atoms with Crippen molar-refractivity contribution in [2.24, 2.45) is 0 Å². The molecular formula is C24H32N2O3. The van der Waals surface area contributed by atoms with E-state index in [2.05, 4.69) is 12.2 Å². The number of rotatable bonds is 10. The predicted octanol–water partition coefficient (Wildman–Crippen LogP) is 3.61. The van der Waals surface area contributed by atoms with E-state index in [4.69, 9.17) is 4.74 Å². The Morgan fingerprint density at radius 3 is 2.21 bits per heavy atom. The lowest BCUT2D eigenvalue weighted by molar-refractivity contribution is -0.141. The third-order valence-electron chi connectivity index (χ3n) is 4.78. The van der Waals surface area contributed by atoms with Gasteiger partial charge in [-0.05, 0) is 56.9 Å². The van der Waals surface area contributed by atoms with Gasteiger partial charge in [-0.3, -0.25) is 9.59 Å². The molecule has 0 aromatic heterocycles. The molecule has 0 aliphatic carbocycles. The summed E-state index contributed by atoms with van der Waals surface area (Å²) in [4.78, 5) is 27.0. The number of carbonyl (C=O) groups is 2. The molecule has 2 aromatic rings. The molecule has 0 radical (unpaired) electrons. The van der Waals surface area contributed by atoms with Crippen molar-refractivity contribution in [3.8, 4) is 5.75 Å². The Morgan fingerprint density at radius 2 is 1.62 bits per heavy atom. The molecule has 2 amide bonds. The second-order valence-corrected chi connectivity index (χ2v) is 7.45. The van der Waals surface area contributed by atoms with Gasteiger partial charge in [-0.2, -0.15) is 0 Å². The fraction of sp³-hybridized carbons (Fsp3) is 0.417. The second kappa shape index (κ2) is 11.2. The predicted molar refractivity (Wildman–Crippen MR) is 116 cm³/mol. The third kappa shape index (κ3) is 7.26. The van der Waals surface area contributed by atoms with Crippen LogP contribution in [0.2, 0.25) is 0 Å². The molecule has 1 N–H and O–H groups in total. The van der Waals surface area contributed by atoms with Crippen molar-refractivity contribution in [1.82, 2.24) is 10.2 Å². The number of benzene rings is 2. The van der Waals surface area contributed by atoms with Crippen molar-refractivity contribution in [3.63, 3.8) is 0 Å². The number of ether oxygens (including phenoxy) is 1. The minimum Gasteiger partial charge on any atom is -0.484 e. The van der Waals surface area contributed by atoms with Crippen LogP contribution >= 0.6 is 0 Å². The Morgan fingerprint density at radius 1 is 0.966 bits per heavy atom. The van der Waals surface area contributed by atoms with Crippen LogP contribution in [0.3, 0.4) is 0 Å². The van der Waals surface area contributed by atoms with Gasteiger partial charge in [0.1, 0.15) is 11.8 Å². The van der Waals surface area contributed by atoms with E-state index < -0.39 is 6.04 Å². The van der Waals surface area contributed by atoms with Crippen LogP contribution in [0.5, 0.6) is 5.75 Å². The van der Waals surface area contributed by atoms with Gasteiger partial charge >= 0.3 is 0 Å². The standard InChI is InChI=1S/C24H32N2O3/c1-5-20-11-13-22(14-12-20)29-17-23(27)26(19(4)24(28)25-18(2)3)16-15-21-9-7-6-8-10-21/h6-14,18-19H,5,15-17H2,1-4H3,(H,25,28)/t19-/m0/s1. The second-order valence-electron chi connectivity index (χ2n) is 7.45. The first-order valence-corrected chi connectivity index (χ1v) is 10.3. The molecule has 0 aliphatic rings. The van der Waals surface area contributed by atoms with Gasteiger partial charge in [0.15, 0.2) is 6.61 Å². The molecule has 2 aromatic carbocycles. The van der Waals surface area contributed by atoms with Gasteiger partial charge in [0.2, 0.25) is 5.91 Å². The quantitative estimate of drug-likeness (QED) is 0.667. The van der Waals surface area contributed by atoms with Crippen molar-refractivity contribution in [3.05, 3.63) is 65.7 Å². The van der Waals surface area contributed by atoms with Crippen LogP contribution in [0.15, 0.2) is 54.6 Å². The van der Waals surface area contributed by atoms with E-state index in [9.17, 15) is 9.59 Å². The van der Waals surface area contributed by atoms with E-state index >= 15 is 0 Å². The molecule has 0 fully saturated rings. The minimum atomic E-state index is -0.570. The van der Waals surface area contributed by atoms with Crippen molar-refractivity contribution >= 4 is 11.8 Å². The zero-order chi connectivity index (χ0) is 21.2. The maximum atomic E-state index is 12.9. The molecule has 0 bridgehead atoms. The average molecular weight is 397 g/mol.